The first kappa shape index (κ1) is 23.0. The van der Waals surface area contributed by atoms with Crippen LogP contribution in [0, 0.1) is 19.8 Å². The minimum absolute atomic E-state index is 0. The number of nitrogens with zero attached hydrogens (tertiary/aromatic N) is 3. The van der Waals surface area contributed by atoms with Crippen molar-refractivity contribution in [2.24, 2.45) is 10.9 Å². The fourth-order valence-corrected chi connectivity index (χ4v) is 3.81. The Morgan fingerprint density at radius 3 is 2.43 bits per heavy atom. The highest BCUT2D eigenvalue weighted by Gasteiger charge is 2.30. The third-order valence-corrected chi connectivity index (χ3v) is 5.34. The molecule has 0 unspecified atom stereocenters. The summed E-state index contributed by atoms with van der Waals surface area (Å²) in [6, 6.07) is 2.05. The SMILES string of the molecule is CCNC(=NCc1cc(C)oc1C)N1CCC(C(=O)N2CCOCC2)CC1.I. The van der Waals surface area contributed by atoms with Gasteiger partial charge in [0.2, 0.25) is 5.91 Å². The first-order valence-electron chi connectivity index (χ1n) is 10.0. The Morgan fingerprint density at radius 1 is 1.18 bits per heavy atom. The second-order valence-corrected chi connectivity index (χ2v) is 7.31. The summed E-state index contributed by atoms with van der Waals surface area (Å²) in [6.07, 6.45) is 1.76. The molecule has 0 spiro atoms. The second kappa shape index (κ2) is 11.0. The zero-order valence-corrected chi connectivity index (χ0v) is 19.5. The molecule has 1 aromatic rings. The molecule has 0 aromatic carbocycles. The fraction of sp³-hybridized carbons (Fsp3) is 0.700. The maximum atomic E-state index is 12.7. The summed E-state index contributed by atoms with van der Waals surface area (Å²) in [5.41, 5.74) is 1.13. The second-order valence-electron chi connectivity index (χ2n) is 7.31. The normalized spacial score (nSPS) is 18.8. The van der Waals surface area contributed by atoms with Gasteiger partial charge in [-0.2, -0.15) is 0 Å². The van der Waals surface area contributed by atoms with Crippen LogP contribution in [0.3, 0.4) is 0 Å². The molecule has 7 nitrogen and oxygen atoms in total. The lowest BCUT2D eigenvalue weighted by atomic mass is 9.95. The lowest BCUT2D eigenvalue weighted by Gasteiger charge is -2.36. The highest BCUT2D eigenvalue weighted by molar-refractivity contribution is 14.0. The van der Waals surface area contributed by atoms with Crippen molar-refractivity contribution in [2.45, 2.75) is 40.2 Å². The van der Waals surface area contributed by atoms with Gasteiger partial charge in [-0.25, -0.2) is 4.99 Å². The van der Waals surface area contributed by atoms with Gasteiger partial charge in [0.05, 0.1) is 19.8 Å². The topological polar surface area (TPSA) is 70.3 Å². The van der Waals surface area contributed by atoms with Gasteiger partial charge in [-0.15, -0.1) is 24.0 Å². The number of piperidine rings is 1. The van der Waals surface area contributed by atoms with Gasteiger partial charge < -0.3 is 24.3 Å². The molecule has 158 valence electrons. The van der Waals surface area contributed by atoms with E-state index in [1.807, 2.05) is 18.7 Å². The van der Waals surface area contributed by atoms with E-state index >= 15 is 0 Å². The number of rotatable bonds is 4. The van der Waals surface area contributed by atoms with Crippen LogP contribution in [0.1, 0.15) is 36.8 Å². The lowest BCUT2D eigenvalue weighted by molar-refractivity contribution is -0.140. The number of guanidine groups is 1. The van der Waals surface area contributed by atoms with E-state index in [-0.39, 0.29) is 29.9 Å². The maximum Gasteiger partial charge on any atom is 0.225 e. The van der Waals surface area contributed by atoms with Crippen LogP contribution in [0.5, 0.6) is 0 Å². The van der Waals surface area contributed by atoms with E-state index in [0.29, 0.717) is 25.7 Å². The van der Waals surface area contributed by atoms with Gasteiger partial charge >= 0.3 is 0 Å². The molecule has 3 rings (SSSR count). The van der Waals surface area contributed by atoms with E-state index in [1.165, 1.54) is 0 Å². The highest BCUT2D eigenvalue weighted by atomic mass is 127. The van der Waals surface area contributed by atoms with Crippen LogP contribution in [0.25, 0.3) is 0 Å². The van der Waals surface area contributed by atoms with Crippen molar-refractivity contribution >= 4 is 35.8 Å². The number of carbonyl (C=O) groups is 1. The number of likely N-dealkylation sites (tertiary alicyclic amines) is 1. The number of carbonyl (C=O) groups excluding carboxylic acids is 1. The molecular formula is C20H33IN4O3. The molecule has 0 radical (unpaired) electrons. The summed E-state index contributed by atoms with van der Waals surface area (Å²) in [7, 11) is 0. The van der Waals surface area contributed by atoms with Gasteiger partial charge in [0.25, 0.3) is 0 Å². The minimum Gasteiger partial charge on any atom is -0.466 e. The molecule has 1 amide bonds. The minimum atomic E-state index is 0. The number of hydrogen-bond acceptors (Lipinski definition) is 4. The maximum absolute atomic E-state index is 12.7. The Balaban J connectivity index is 0.00000280. The van der Waals surface area contributed by atoms with E-state index in [2.05, 4.69) is 23.2 Å². The van der Waals surface area contributed by atoms with Crippen LogP contribution in [0.15, 0.2) is 15.5 Å². The third-order valence-electron chi connectivity index (χ3n) is 5.34. The molecule has 2 aliphatic rings. The Morgan fingerprint density at radius 2 is 1.86 bits per heavy atom. The molecule has 0 aliphatic carbocycles. The van der Waals surface area contributed by atoms with Crippen LogP contribution in [0.2, 0.25) is 0 Å². The quantitative estimate of drug-likeness (QED) is 0.388. The van der Waals surface area contributed by atoms with Gasteiger partial charge in [-0.05, 0) is 39.7 Å². The highest BCUT2D eigenvalue weighted by Crippen LogP contribution is 2.21. The summed E-state index contributed by atoms with van der Waals surface area (Å²) in [5.74, 6) is 3.20. The molecule has 1 aromatic heterocycles. The molecule has 28 heavy (non-hydrogen) atoms. The van der Waals surface area contributed by atoms with Crippen LogP contribution in [0.4, 0.5) is 0 Å². The number of furan rings is 1. The van der Waals surface area contributed by atoms with Crippen molar-refractivity contribution in [3.8, 4) is 0 Å². The molecule has 8 heteroatoms. The van der Waals surface area contributed by atoms with Gasteiger partial charge in [0, 0.05) is 44.2 Å². The number of aryl methyl sites for hydroxylation is 2. The smallest absolute Gasteiger partial charge is 0.225 e. The zero-order valence-electron chi connectivity index (χ0n) is 17.2. The number of ether oxygens (including phenoxy) is 1. The molecule has 3 heterocycles. The summed E-state index contributed by atoms with van der Waals surface area (Å²) >= 11 is 0. The molecular weight excluding hydrogens is 471 g/mol. The molecule has 2 fully saturated rings. The molecule has 2 aliphatic heterocycles. The summed E-state index contributed by atoms with van der Waals surface area (Å²) in [4.78, 5) is 21.7. The van der Waals surface area contributed by atoms with Crippen molar-refractivity contribution in [3.05, 3.63) is 23.2 Å². The Kier molecular flexibility index (Phi) is 9.07. The van der Waals surface area contributed by atoms with E-state index in [1.54, 1.807) is 0 Å². The predicted molar refractivity (Wildman–Crippen MR) is 120 cm³/mol. The van der Waals surface area contributed by atoms with Crippen molar-refractivity contribution in [1.82, 2.24) is 15.1 Å². The first-order valence-corrected chi connectivity index (χ1v) is 10.0. The number of aliphatic imine (C=N–C) groups is 1. The number of amides is 1. The standard InChI is InChI=1S/C20H32N4O3.HI/c1-4-21-20(22-14-18-13-15(2)27-16(18)3)24-7-5-17(6-8-24)19(25)23-9-11-26-12-10-23;/h13,17H,4-12,14H2,1-3H3,(H,21,22);1H. The first-order chi connectivity index (χ1) is 13.1. The van der Waals surface area contributed by atoms with Crippen LogP contribution in [-0.4, -0.2) is 67.6 Å². The molecule has 0 saturated carbocycles. The third kappa shape index (κ3) is 5.85. The van der Waals surface area contributed by atoms with E-state index in [9.17, 15) is 4.79 Å². The molecule has 0 atom stereocenters. The fourth-order valence-electron chi connectivity index (χ4n) is 3.81. The number of nitrogens with one attached hydrogen (secondary N) is 1. The average molecular weight is 504 g/mol. The Bertz CT molecular complexity index is 662. The van der Waals surface area contributed by atoms with Crippen LogP contribution >= 0.6 is 24.0 Å². The molecule has 0 bridgehead atoms. The zero-order chi connectivity index (χ0) is 19.2. The van der Waals surface area contributed by atoms with E-state index in [0.717, 1.165) is 68.6 Å². The van der Waals surface area contributed by atoms with E-state index in [4.69, 9.17) is 14.1 Å². The number of morpholine rings is 1. The lowest BCUT2D eigenvalue weighted by Crippen LogP contribution is -2.50. The molecule has 2 saturated heterocycles. The van der Waals surface area contributed by atoms with Gasteiger partial charge in [0.15, 0.2) is 5.96 Å². The van der Waals surface area contributed by atoms with Crippen molar-refractivity contribution in [3.63, 3.8) is 0 Å². The van der Waals surface area contributed by atoms with Crippen molar-refractivity contribution < 1.29 is 13.9 Å². The van der Waals surface area contributed by atoms with Crippen molar-refractivity contribution in [2.75, 3.05) is 45.9 Å². The predicted octanol–water partition coefficient (Wildman–Crippen LogP) is 2.55. The summed E-state index contributed by atoms with van der Waals surface area (Å²) < 4.78 is 10.9. The monoisotopic (exact) mass is 504 g/mol. The Labute approximate surface area is 184 Å². The summed E-state index contributed by atoms with van der Waals surface area (Å²) in [6.45, 7) is 12.0. The summed E-state index contributed by atoms with van der Waals surface area (Å²) in [5, 5.41) is 3.39. The largest absolute Gasteiger partial charge is 0.466 e. The number of halogens is 1. The van der Waals surface area contributed by atoms with Crippen molar-refractivity contribution in [1.29, 1.82) is 0 Å². The average Bonchev–Trinajstić information content (AvgIpc) is 3.02. The van der Waals surface area contributed by atoms with Crippen LogP contribution < -0.4 is 5.32 Å². The number of hydrogen-bond donors (Lipinski definition) is 1. The molecule has 1 N–H and O–H groups in total. The van der Waals surface area contributed by atoms with Gasteiger partial charge in [0.1, 0.15) is 11.5 Å². The van der Waals surface area contributed by atoms with Gasteiger partial charge in [-0.1, -0.05) is 0 Å². The Hall–Kier alpha value is -1.29. The van der Waals surface area contributed by atoms with Gasteiger partial charge in [-0.3, -0.25) is 4.79 Å². The van der Waals surface area contributed by atoms with E-state index < -0.39 is 0 Å². The van der Waals surface area contributed by atoms with Crippen LogP contribution in [-0.2, 0) is 16.1 Å².